The fourth-order valence-corrected chi connectivity index (χ4v) is 2.72. The van der Waals surface area contributed by atoms with Crippen molar-refractivity contribution >= 4 is 17.4 Å². The van der Waals surface area contributed by atoms with E-state index < -0.39 is 0 Å². The molecule has 1 N–H and O–H groups in total. The Kier molecular flexibility index (Phi) is 3.65. The number of nitrogens with one attached hydrogen (secondary N) is 1. The Morgan fingerprint density at radius 3 is 2.95 bits per heavy atom. The Balaban J connectivity index is 1.77. The van der Waals surface area contributed by atoms with Crippen molar-refractivity contribution in [2.45, 2.75) is 32.2 Å². The van der Waals surface area contributed by atoms with Crippen molar-refractivity contribution in [2.75, 3.05) is 5.32 Å². The number of hydrogen-bond donors (Lipinski definition) is 1. The van der Waals surface area contributed by atoms with E-state index in [1.165, 1.54) is 24.1 Å². The monoisotopic (exact) mass is 273 g/mol. The zero-order valence-electron chi connectivity index (χ0n) is 10.7. The summed E-state index contributed by atoms with van der Waals surface area (Å²) in [6.45, 7) is 0.740. The molecule has 0 amide bonds. The average Bonchev–Trinajstić information content (AvgIpc) is 2.45. The number of fused-ring (bicyclic) bond motifs is 1. The van der Waals surface area contributed by atoms with Crippen molar-refractivity contribution in [1.82, 2.24) is 9.97 Å². The van der Waals surface area contributed by atoms with Gasteiger partial charge in [0.2, 0.25) is 0 Å². The molecule has 0 spiro atoms. The Bertz CT molecular complexity index is 583. The van der Waals surface area contributed by atoms with Crippen molar-refractivity contribution < 1.29 is 0 Å². The van der Waals surface area contributed by atoms with E-state index in [0.717, 1.165) is 35.8 Å². The number of nitrogens with zero attached hydrogens (tertiary/aromatic N) is 2. The summed E-state index contributed by atoms with van der Waals surface area (Å²) in [6, 6.07) is 7.89. The molecule has 0 saturated carbocycles. The van der Waals surface area contributed by atoms with Crippen molar-refractivity contribution in [3.8, 4) is 0 Å². The highest BCUT2D eigenvalue weighted by Crippen LogP contribution is 2.24. The van der Waals surface area contributed by atoms with E-state index in [-0.39, 0.29) is 0 Å². The molecule has 0 radical (unpaired) electrons. The maximum absolute atomic E-state index is 5.99. The lowest BCUT2D eigenvalue weighted by molar-refractivity contribution is 0.663. The number of benzene rings is 1. The smallest absolute Gasteiger partial charge is 0.133 e. The summed E-state index contributed by atoms with van der Waals surface area (Å²) in [7, 11) is 0. The van der Waals surface area contributed by atoms with Gasteiger partial charge in [0, 0.05) is 22.8 Å². The molecular weight excluding hydrogens is 258 g/mol. The molecule has 1 heterocycles. The van der Waals surface area contributed by atoms with Crippen LogP contribution in [-0.2, 0) is 19.4 Å². The molecule has 98 valence electrons. The van der Waals surface area contributed by atoms with Gasteiger partial charge in [-0.05, 0) is 43.4 Å². The number of aryl methyl sites for hydroxylation is 1. The van der Waals surface area contributed by atoms with Gasteiger partial charge in [0.25, 0.3) is 0 Å². The molecule has 0 saturated heterocycles. The van der Waals surface area contributed by atoms with Gasteiger partial charge in [-0.1, -0.05) is 23.7 Å². The first-order valence-corrected chi connectivity index (χ1v) is 7.02. The summed E-state index contributed by atoms with van der Waals surface area (Å²) in [6.07, 6.45) is 6.27. The second-order valence-electron chi connectivity index (χ2n) is 4.84. The summed E-state index contributed by atoms with van der Waals surface area (Å²) < 4.78 is 0. The lowest BCUT2D eigenvalue weighted by Crippen LogP contribution is -2.12. The SMILES string of the molecule is Clc1cccc(CNc2ncnc3c2CCCC3)c1. The highest BCUT2D eigenvalue weighted by atomic mass is 35.5. The standard InChI is InChI=1S/C15H16ClN3/c16-12-5-3-4-11(8-12)9-17-15-13-6-1-2-7-14(13)18-10-19-15/h3-5,8,10H,1-2,6-7,9H2,(H,17,18,19). The summed E-state index contributed by atoms with van der Waals surface area (Å²) in [5.41, 5.74) is 3.65. The van der Waals surface area contributed by atoms with Crippen molar-refractivity contribution in [1.29, 1.82) is 0 Å². The molecule has 1 aromatic heterocycles. The van der Waals surface area contributed by atoms with Gasteiger partial charge in [0.1, 0.15) is 12.1 Å². The Labute approximate surface area is 118 Å². The average molecular weight is 274 g/mol. The molecule has 2 aromatic rings. The predicted octanol–water partition coefficient (Wildman–Crippen LogP) is 3.62. The first-order valence-electron chi connectivity index (χ1n) is 6.64. The second kappa shape index (κ2) is 5.57. The third kappa shape index (κ3) is 2.87. The normalized spacial score (nSPS) is 13.9. The molecule has 0 unspecified atom stereocenters. The van der Waals surface area contributed by atoms with Crippen LogP contribution >= 0.6 is 11.6 Å². The fraction of sp³-hybridized carbons (Fsp3) is 0.333. The lowest BCUT2D eigenvalue weighted by atomic mass is 9.96. The number of halogens is 1. The van der Waals surface area contributed by atoms with Gasteiger partial charge in [-0.3, -0.25) is 0 Å². The third-order valence-corrected chi connectivity index (χ3v) is 3.71. The predicted molar refractivity (Wildman–Crippen MR) is 77.5 cm³/mol. The quantitative estimate of drug-likeness (QED) is 0.928. The number of anilines is 1. The van der Waals surface area contributed by atoms with E-state index in [1.54, 1.807) is 6.33 Å². The van der Waals surface area contributed by atoms with Gasteiger partial charge in [-0.25, -0.2) is 9.97 Å². The van der Waals surface area contributed by atoms with Crippen LogP contribution in [0.5, 0.6) is 0 Å². The van der Waals surface area contributed by atoms with Crippen LogP contribution in [0.4, 0.5) is 5.82 Å². The van der Waals surface area contributed by atoms with Crippen LogP contribution in [0.2, 0.25) is 5.02 Å². The zero-order chi connectivity index (χ0) is 13.1. The molecule has 3 rings (SSSR count). The van der Waals surface area contributed by atoms with E-state index in [9.17, 15) is 0 Å². The molecule has 3 nitrogen and oxygen atoms in total. The maximum Gasteiger partial charge on any atom is 0.133 e. The molecule has 0 aliphatic heterocycles. The van der Waals surface area contributed by atoms with E-state index in [0.29, 0.717) is 0 Å². The molecule has 0 bridgehead atoms. The molecule has 1 aromatic carbocycles. The van der Waals surface area contributed by atoms with E-state index in [1.807, 2.05) is 18.2 Å². The van der Waals surface area contributed by atoms with Crippen LogP contribution in [-0.4, -0.2) is 9.97 Å². The van der Waals surface area contributed by atoms with Crippen LogP contribution < -0.4 is 5.32 Å². The van der Waals surface area contributed by atoms with E-state index in [2.05, 4.69) is 21.4 Å². The molecular formula is C15H16ClN3. The maximum atomic E-state index is 5.99. The van der Waals surface area contributed by atoms with Crippen molar-refractivity contribution in [3.63, 3.8) is 0 Å². The molecule has 0 atom stereocenters. The van der Waals surface area contributed by atoms with Crippen LogP contribution in [0.3, 0.4) is 0 Å². The minimum Gasteiger partial charge on any atom is -0.366 e. The van der Waals surface area contributed by atoms with Crippen LogP contribution in [0, 0.1) is 0 Å². The Hall–Kier alpha value is -1.61. The van der Waals surface area contributed by atoms with Gasteiger partial charge in [-0.2, -0.15) is 0 Å². The van der Waals surface area contributed by atoms with Crippen molar-refractivity contribution in [2.24, 2.45) is 0 Å². The van der Waals surface area contributed by atoms with Crippen LogP contribution in [0.15, 0.2) is 30.6 Å². The molecule has 4 heteroatoms. The first-order chi connectivity index (χ1) is 9.33. The fourth-order valence-electron chi connectivity index (χ4n) is 2.51. The molecule has 19 heavy (non-hydrogen) atoms. The number of aromatic nitrogens is 2. The molecule has 0 fully saturated rings. The Morgan fingerprint density at radius 2 is 2.05 bits per heavy atom. The second-order valence-corrected chi connectivity index (χ2v) is 5.27. The number of hydrogen-bond acceptors (Lipinski definition) is 3. The first kappa shape index (κ1) is 12.4. The lowest BCUT2D eigenvalue weighted by Gasteiger charge is -2.18. The topological polar surface area (TPSA) is 37.8 Å². The van der Waals surface area contributed by atoms with E-state index in [4.69, 9.17) is 11.6 Å². The Morgan fingerprint density at radius 1 is 1.16 bits per heavy atom. The number of rotatable bonds is 3. The molecule has 1 aliphatic carbocycles. The van der Waals surface area contributed by atoms with Crippen LogP contribution in [0.1, 0.15) is 29.7 Å². The van der Waals surface area contributed by atoms with Gasteiger partial charge in [0.05, 0.1) is 0 Å². The summed E-state index contributed by atoms with van der Waals surface area (Å²) in [4.78, 5) is 8.75. The minimum atomic E-state index is 0.740. The van der Waals surface area contributed by atoms with Crippen LogP contribution in [0.25, 0.3) is 0 Å². The zero-order valence-corrected chi connectivity index (χ0v) is 11.5. The third-order valence-electron chi connectivity index (χ3n) is 3.47. The van der Waals surface area contributed by atoms with Gasteiger partial charge < -0.3 is 5.32 Å². The summed E-state index contributed by atoms with van der Waals surface area (Å²) in [5.74, 6) is 0.977. The van der Waals surface area contributed by atoms with Gasteiger partial charge in [0.15, 0.2) is 0 Å². The highest BCUT2D eigenvalue weighted by Gasteiger charge is 2.14. The molecule has 1 aliphatic rings. The van der Waals surface area contributed by atoms with E-state index >= 15 is 0 Å². The summed E-state index contributed by atoms with van der Waals surface area (Å²) >= 11 is 5.99. The largest absolute Gasteiger partial charge is 0.366 e. The highest BCUT2D eigenvalue weighted by molar-refractivity contribution is 6.30. The summed E-state index contributed by atoms with van der Waals surface area (Å²) in [5, 5.41) is 4.17. The van der Waals surface area contributed by atoms with Gasteiger partial charge >= 0.3 is 0 Å². The minimum absolute atomic E-state index is 0.740. The van der Waals surface area contributed by atoms with Crippen molar-refractivity contribution in [3.05, 3.63) is 52.4 Å². The van der Waals surface area contributed by atoms with Gasteiger partial charge in [-0.15, -0.1) is 0 Å².